The molecule has 0 aliphatic heterocycles. The SMILES string of the molecule is Cc1nc(C)c(-c2ccn(C(=O)Nc3ccc(Cl)cc3)n2)s1. The second kappa shape index (κ2) is 5.90. The molecule has 112 valence electrons. The first kappa shape index (κ1) is 14.7. The molecule has 3 aromatic rings. The summed E-state index contributed by atoms with van der Waals surface area (Å²) in [5.74, 6) is 0. The first-order valence-corrected chi connectivity index (χ1v) is 7.79. The van der Waals surface area contributed by atoms with Crippen molar-refractivity contribution in [2.45, 2.75) is 13.8 Å². The summed E-state index contributed by atoms with van der Waals surface area (Å²) in [7, 11) is 0. The minimum atomic E-state index is -0.326. The van der Waals surface area contributed by atoms with E-state index in [1.54, 1.807) is 47.9 Å². The molecule has 2 heterocycles. The van der Waals surface area contributed by atoms with Gasteiger partial charge in [0.1, 0.15) is 5.69 Å². The van der Waals surface area contributed by atoms with E-state index in [9.17, 15) is 4.79 Å². The van der Waals surface area contributed by atoms with Crippen LogP contribution in [0.15, 0.2) is 36.5 Å². The fourth-order valence-electron chi connectivity index (χ4n) is 2.04. The monoisotopic (exact) mass is 332 g/mol. The van der Waals surface area contributed by atoms with Crippen LogP contribution in [-0.2, 0) is 0 Å². The van der Waals surface area contributed by atoms with E-state index in [4.69, 9.17) is 11.6 Å². The van der Waals surface area contributed by atoms with Crippen molar-refractivity contribution < 1.29 is 4.79 Å². The Morgan fingerprint density at radius 3 is 2.59 bits per heavy atom. The topological polar surface area (TPSA) is 59.8 Å². The predicted octanol–water partition coefficient (Wildman–Crippen LogP) is 4.36. The normalized spacial score (nSPS) is 10.7. The van der Waals surface area contributed by atoms with Gasteiger partial charge in [0, 0.05) is 16.9 Å². The third-order valence-electron chi connectivity index (χ3n) is 3.03. The van der Waals surface area contributed by atoms with Crippen molar-refractivity contribution >= 4 is 34.7 Å². The number of nitrogens with one attached hydrogen (secondary N) is 1. The average Bonchev–Trinajstić information content (AvgIpc) is 3.08. The van der Waals surface area contributed by atoms with Gasteiger partial charge >= 0.3 is 6.03 Å². The van der Waals surface area contributed by atoms with Crippen molar-refractivity contribution in [2.75, 3.05) is 5.32 Å². The number of aryl methyl sites for hydroxylation is 2. The highest BCUT2D eigenvalue weighted by Crippen LogP contribution is 2.28. The highest BCUT2D eigenvalue weighted by atomic mass is 35.5. The lowest BCUT2D eigenvalue weighted by Gasteiger charge is -2.04. The zero-order valence-corrected chi connectivity index (χ0v) is 13.6. The number of benzene rings is 1. The second-order valence-corrected chi connectivity index (χ2v) is 6.37. The molecule has 0 aliphatic rings. The quantitative estimate of drug-likeness (QED) is 0.758. The molecule has 1 N–H and O–H groups in total. The Labute approximate surface area is 136 Å². The molecule has 0 saturated heterocycles. The summed E-state index contributed by atoms with van der Waals surface area (Å²) >= 11 is 7.38. The van der Waals surface area contributed by atoms with Crippen molar-refractivity contribution in [1.29, 1.82) is 0 Å². The van der Waals surface area contributed by atoms with Crippen molar-refractivity contribution in [1.82, 2.24) is 14.8 Å². The van der Waals surface area contributed by atoms with Crippen molar-refractivity contribution in [3.05, 3.63) is 52.3 Å². The Morgan fingerprint density at radius 2 is 1.95 bits per heavy atom. The maximum Gasteiger partial charge on any atom is 0.346 e. The number of rotatable bonds is 2. The third-order valence-corrected chi connectivity index (χ3v) is 4.38. The molecule has 22 heavy (non-hydrogen) atoms. The van der Waals surface area contributed by atoms with Gasteiger partial charge in [-0.2, -0.15) is 9.78 Å². The van der Waals surface area contributed by atoms with Crippen molar-refractivity contribution in [3.8, 4) is 10.6 Å². The van der Waals surface area contributed by atoms with Crippen LogP contribution >= 0.6 is 22.9 Å². The standard InChI is InChI=1S/C15H13ClN4OS/c1-9-14(22-10(2)17-9)13-7-8-20(19-13)15(21)18-12-5-3-11(16)4-6-12/h3-8H,1-2H3,(H,18,21). The lowest BCUT2D eigenvalue weighted by molar-refractivity contribution is 0.251. The maximum absolute atomic E-state index is 12.2. The van der Waals surface area contributed by atoms with Crippen LogP contribution in [0.3, 0.4) is 0 Å². The molecule has 0 fully saturated rings. The fourth-order valence-corrected chi connectivity index (χ4v) is 3.05. The number of carbonyl (C=O) groups excluding carboxylic acids is 1. The number of aromatic nitrogens is 3. The average molecular weight is 333 g/mol. The van der Waals surface area contributed by atoms with Crippen LogP contribution in [0.25, 0.3) is 10.6 Å². The molecule has 0 bridgehead atoms. The lowest BCUT2D eigenvalue weighted by Crippen LogP contribution is -2.19. The minimum absolute atomic E-state index is 0.326. The van der Waals surface area contributed by atoms with Gasteiger partial charge in [-0.1, -0.05) is 11.6 Å². The van der Waals surface area contributed by atoms with Crippen LogP contribution in [0.2, 0.25) is 5.02 Å². The zero-order chi connectivity index (χ0) is 15.7. The van der Waals surface area contributed by atoms with Gasteiger partial charge in [-0.3, -0.25) is 0 Å². The number of carbonyl (C=O) groups is 1. The Morgan fingerprint density at radius 1 is 1.23 bits per heavy atom. The van der Waals surface area contributed by atoms with E-state index in [2.05, 4.69) is 15.4 Å². The first-order valence-electron chi connectivity index (χ1n) is 6.60. The predicted molar refractivity (Wildman–Crippen MR) is 88.7 cm³/mol. The van der Waals surface area contributed by atoms with Crippen LogP contribution in [0.4, 0.5) is 10.5 Å². The Balaban J connectivity index is 1.80. The minimum Gasteiger partial charge on any atom is -0.306 e. The van der Waals surface area contributed by atoms with E-state index < -0.39 is 0 Å². The Hall–Kier alpha value is -2.18. The van der Waals surface area contributed by atoms with Crippen LogP contribution in [0.5, 0.6) is 0 Å². The molecule has 0 radical (unpaired) electrons. The molecule has 0 spiro atoms. The number of anilines is 1. The molecule has 3 rings (SSSR count). The van der Waals surface area contributed by atoms with Crippen LogP contribution in [-0.4, -0.2) is 20.8 Å². The number of nitrogens with zero attached hydrogens (tertiary/aromatic N) is 3. The largest absolute Gasteiger partial charge is 0.346 e. The third kappa shape index (κ3) is 3.03. The fraction of sp³-hybridized carbons (Fsp3) is 0.133. The molecule has 1 amide bonds. The van der Waals surface area contributed by atoms with Crippen LogP contribution in [0.1, 0.15) is 10.7 Å². The zero-order valence-electron chi connectivity index (χ0n) is 12.0. The van der Waals surface area contributed by atoms with Gasteiger partial charge in [0.25, 0.3) is 0 Å². The summed E-state index contributed by atoms with van der Waals surface area (Å²) in [5.41, 5.74) is 2.33. The van der Waals surface area contributed by atoms with Crippen molar-refractivity contribution in [3.63, 3.8) is 0 Å². The summed E-state index contributed by atoms with van der Waals surface area (Å²) in [6.07, 6.45) is 1.63. The van der Waals surface area contributed by atoms with Gasteiger partial charge in [-0.05, 0) is 44.2 Å². The van der Waals surface area contributed by atoms with Gasteiger partial charge in [0.15, 0.2) is 0 Å². The van der Waals surface area contributed by atoms with Crippen LogP contribution in [0, 0.1) is 13.8 Å². The van der Waals surface area contributed by atoms with Gasteiger partial charge in [-0.15, -0.1) is 11.3 Å². The number of hydrogen-bond acceptors (Lipinski definition) is 4. The Kier molecular flexibility index (Phi) is 3.96. The highest BCUT2D eigenvalue weighted by Gasteiger charge is 2.13. The molecule has 2 aromatic heterocycles. The van der Waals surface area contributed by atoms with E-state index in [1.807, 2.05) is 13.8 Å². The molecule has 0 unspecified atom stereocenters. The molecular weight excluding hydrogens is 320 g/mol. The van der Waals surface area contributed by atoms with Gasteiger partial charge in [0.2, 0.25) is 0 Å². The number of amides is 1. The highest BCUT2D eigenvalue weighted by molar-refractivity contribution is 7.15. The van der Waals surface area contributed by atoms with Crippen LogP contribution < -0.4 is 5.32 Å². The summed E-state index contributed by atoms with van der Waals surface area (Å²) < 4.78 is 1.28. The smallest absolute Gasteiger partial charge is 0.306 e. The summed E-state index contributed by atoms with van der Waals surface area (Å²) in [4.78, 5) is 17.5. The molecule has 5 nitrogen and oxygen atoms in total. The maximum atomic E-state index is 12.2. The van der Waals surface area contributed by atoms with E-state index in [-0.39, 0.29) is 6.03 Å². The second-order valence-electron chi connectivity index (χ2n) is 4.73. The van der Waals surface area contributed by atoms with E-state index in [1.165, 1.54) is 4.68 Å². The number of hydrogen-bond donors (Lipinski definition) is 1. The first-order chi connectivity index (χ1) is 10.5. The van der Waals surface area contributed by atoms with E-state index in [0.717, 1.165) is 21.3 Å². The lowest BCUT2D eigenvalue weighted by atomic mass is 10.3. The molecule has 7 heteroatoms. The molecule has 0 atom stereocenters. The number of halogens is 1. The molecular formula is C15H13ClN4OS. The number of thiazole rings is 1. The molecule has 0 saturated carbocycles. The van der Waals surface area contributed by atoms with Crippen molar-refractivity contribution in [2.24, 2.45) is 0 Å². The van der Waals surface area contributed by atoms with E-state index >= 15 is 0 Å². The molecule has 1 aromatic carbocycles. The molecule has 0 aliphatic carbocycles. The van der Waals surface area contributed by atoms with Gasteiger partial charge in [-0.25, -0.2) is 9.78 Å². The summed E-state index contributed by atoms with van der Waals surface area (Å²) in [5, 5.41) is 8.68. The van der Waals surface area contributed by atoms with Gasteiger partial charge < -0.3 is 5.32 Å². The van der Waals surface area contributed by atoms with E-state index in [0.29, 0.717) is 10.7 Å². The summed E-state index contributed by atoms with van der Waals surface area (Å²) in [6, 6.07) is 8.39. The Bertz CT molecular complexity index is 822. The van der Waals surface area contributed by atoms with Gasteiger partial charge in [0.05, 0.1) is 15.6 Å². The summed E-state index contributed by atoms with van der Waals surface area (Å²) in [6.45, 7) is 3.89.